The summed E-state index contributed by atoms with van der Waals surface area (Å²) in [6, 6.07) is 4.50. The molecule has 0 bridgehead atoms. The average molecular weight is 265 g/mol. The quantitative estimate of drug-likeness (QED) is 0.829. The van der Waals surface area contributed by atoms with Crippen LogP contribution in [0.15, 0.2) is 18.2 Å². The zero-order chi connectivity index (χ0) is 14.4. The first kappa shape index (κ1) is 15.0. The van der Waals surface area contributed by atoms with Crippen LogP contribution in [-0.2, 0) is 4.79 Å². The molecule has 104 valence electrons. The first-order valence-electron chi connectivity index (χ1n) is 6.25. The molecule has 1 aromatic rings. The molecule has 5 nitrogen and oxygen atoms in total. The van der Waals surface area contributed by atoms with Gasteiger partial charge in [-0.1, -0.05) is 13.8 Å². The molecule has 0 spiro atoms. The van der Waals surface area contributed by atoms with Gasteiger partial charge in [0, 0.05) is 17.7 Å². The van der Waals surface area contributed by atoms with Crippen LogP contribution < -0.4 is 10.1 Å². The number of methoxy groups -OCH3 is 1. The van der Waals surface area contributed by atoms with Crippen LogP contribution in [0.1, 0.15) is 37.0 Å². The molecule has 0 aliphatic rings. The van der Waals surface area contributed by atoms with Crippen LogP contribution >= 0.6 is 0 Å². The minimum absolute atomic E-state index is 0.0369. The number of carbonyl (C=O) groups is 2. The average Bonchev–Trinajstić information content (AvgIpc) is 2.39. The second-order valence-corrected chi connectivity index (χ2v) is 4.22. The Balaban J connectivity index is 2.91. The van der Waals surface area contributed by atoms with Crippen molar-refractivity contribution >= 4 is 17.6 Å². The predicted octanol–water partition coefficient (Wildman–Crippen LogP) is 2.77. The van der Waals surface area contributed by atoms with Gasteiger partial charge in [0.05, 0.1) is 7.11 Å². The Morgan fingerprint density at radius 2 is 1.95 bits per heavy atom. The zero-order valence-corrected chi connectivity index (χ0v) is 11.4. The van der Waals surface area contributed by atoms with E-state index in [1.165, 1.54) is 19.2 Å². The Bertz CT molecular complexity index is 467. The summed E-state index contributed by atoms with van der Waals surface area (Å²) in [4.78, 5) is 22.9. The Morgan fingerprint density at radius 3 is 2.42 bits per heavy atom. The molecule has 0 aliphatic carbocycles. The summed E-state index contributed by atoms with van der Waals surface area (Å²) in [5.41, 5.74) is 0.613. The number of hydrogen-bond donors (Lipinski definition) is 2. The number of carbonyl (C=O) groups excluding carboxylic acids is 1. The SMILES string of the molecule is CCC(CC)C(=O)Nc1ccc(C(=O)O)c(OC)c1. The van der Waals surface area contributed by atoms with Crippen molar-refractivity contribution < 1.29 is 19.4 Å². The maximum absolute atomic E-state index is 11.9. The third-order valence-corrected chi connectivity index (χ3v) is 3.06. The molecule has 0 aliphatic heterocycles. The van der Waals surface area contributed by atoms with Crippen molar-refractivity contribution in [2.45, 2.75) is 26.7 Å². The highest BCUT2D eigenvalue weighted by molar-refractivity contribution is 5.95. The normalized spacial score (nSPS) is 10.3. The van der Waals surface area contributed by atoms with Gasteiger partial charge in [-0.05, 0) is 25.0 Å². The van der Waals surface area contributed by atoms with E-state index in [1.807, 2.05) is 13.8 Å². The van der Waals surface area contributed by atoms with E-state index in [4.69, 9.17) is 9.84 Å². The Labute approximate surface area is 112 Å². The van der Waals surface area contributed by atoms with E-state index >= 15 is 0 Å². The summed E-state index contributed by atoms with van der Waals surface area (Å²) in [6.45, 7) is 3.92. The molecular formula is C14H19NO4. The maximum atomic E-state index is 11.9. The number of nitrogens with one attached hydrogen (secondary N) is 1. The molecule has 0 saturated carbocycles. The summed E-state index contributed by atoms with van der Waals surface area (Å²) >= 11 is 0. The molecule has 0 saturated heterocycles. The molecule has 1 amide bonds. The van der Waals surface area contributed by atoms with Gasteiger partial charge in [0.25, 0.3) is 0 Å². The third-order valence-electron chi connectivity index (χ3n) is 3.06. The second kappa shape index (κ2) is 6.78. The van der Waals surface area contributed by atoms with Gasteiger partial charge in [0.2, 0.25) is 5.91 Å². The Hall–Kier alpha value is -2.04. The number of hydrogen-bond acceptors (Lipinski definition) is 3. The van der Waals surface area contributed by atoms with Crippen molar-refractivity contribution in [3.8, 4) is 5.75 Å². The fraction of sp³-hybridized carbons (Fsp3) is 0.429. The fourth-order valence-corrected chi connectivity index (χ4v) is 1.85. The topological polar surface area (TPSA) is 75.6 Å². The lowest BCUT2D eigenvalue weighted by Gasteiger charge is -2.14. The highest BCUT2D eigenvalue weighted by Crippen LogP contribution is 2.24. The predicted molar refractivity (Wildman–Crippen MR) is 72.7 cm³/mol. The van der Waals surface area contributed by atoms with Crippen molar-refractivity contribution in [1.29, 1.82) is 0 Å². The first-order chi connectivity index (χ1) is 9.03. The molecule has 0 radical (unpaired) electrons. The summed E-state index contributed by atoms with van der Waals surface area (Å²) < 4.78 is 5.01. The van der Waals surface area contributed by atoms with Crippen LogP contribution in [0.5, 0.6) is 5.75 Å². The van der Waals surface area contributed by atoms with Gasteiger partial charge in [-0.15, -0.1) is 0 Å². The molecule has 0 aromatic heterocycles. The van der Waals surface area contributed by atoms with E-state index < -0.39 is 5.97 Å². The molecule has 0 unspecified atom stereocenters. The molecule has 5 heteroatoms. The van der Waals surface area contributed by atoms with E-state index in [2.05, 4.69) is 5.32 Å². The van der Waals surface area contributed by atoms with Crippen LogP contribution in [-0.4, -0.2) is 24.1 Å². The van der Waals surface area contributed by atoms with Crippen LogP contribution in [0.25, 0.3) is 0 Å². The lowest BCUT2D eigenvalue weighted by Crippen LogP contribution is -2.21. The summed E-state index contributed by atoms with van der Waals surface area (Å²) in [5, 5.41) is 11.7. The number of anilines is 1. The van der Waals surface area contributed by atoms with Gasteiger partial charge in [-0.3, -0.25) is 4.79 Å². The van der Waals surface area contributed by atoms with Crippen LogP contribution in [0.2, 0.25) is 0 Å². The standard InChI is InChI=1S/C14H19NO4/c1-4-9(5-2)13(16)15-10-6-7-11(14(17)18)12(8-10)19-3/h6-9H,4-5H2,1-3H3,(H,15,16)(H,17,18). The number of carboxylic acids is 1. The van der Waals surface area contributed by atoms with Crippen molar-refractivity contribution in [1.82, 2.24) is 0 Å². The van der Waals surface area contributed by atoms with E-state index in [1.54, 1.807) is 6.07 Å². The van der Waals surface area contributed by atoms with Gasteiger partial charge >= 0.3 is 5.97 Å². The smallest absolute Gasteiger partial charge is 0.339 e. The zero-order valence-electron chi connectivity index (χ0n) is 11.4. The van der Waals surface area contributed by atoms with Crippen molar-refractivity contribution in [3.05, 3.63) is 23.8 Å². The molecule has 2 N–H and O–H groups in total. The van der Waals surface area contributed by atoms with Crippen molar-refractivity contribution in [2.24, 2.45) is 5.92 Å². The van der Waals surface area contributed by atoms with Gasteiger partial charge < -0.3 is 15.2 Å². The fourth-order valence-electron chi connectivity index (χ4n) is 1.85. The summed E-state index contributed by atoms with van der Waals surface area (Å²) in [7, 11) is 1.40. The van der Waals surface area contributed by atoms with Crippen molar-refractivity contribution in [3.63, 3.8) is 0 Å². The minimum Gasteiger partial charge on any atom is -0.496 e. The van der Waals surface area contributed by atoms with Crippen LogP contribution in [0.4, 0.5) is 5.69 Å². The van der Waals surface area contributed by atoms with E-state index in [-0.39, 0.29) is 23.1 Å². The van der Waals surface area contributed by atoms with E-state index in [0.29, 0.717) is 5.69 Å². The third kappa shape index (κ3) is 3.71. The molecule has 0 atom stereocenters. The number of carboxylic acid groups (broad SMARTS) is 1. The molecule has 19 heavy (non-hydrogen) atoms. The largest absolute Gasteiger partial charge is 0.496 e. The molecule has 1 aromatic carbocycles. The first-order valence-corrected chi connectivity index (χ1v) is 6.25. The van der Waals surface area contributed by atoms with Gasteiger partial charge in [0.1, 0.15) is 11.3 Å². The number of amides is 1. The number of ether oxygens (including phenoxy) is 1. The molecule has 1 rings (SSSR count). The number of aromatic carboxylic acids is 1. The monoisotopic (exact) mass is 265 g/mol. The van der Waals surface area contributed by atoms with E-state index in [9.17, 15) is 9.59 Å². The number of benzene rings is 1. The maximum Gasteiger partial charge on any atom is 0.339 e. The van der Waals surface area contributed by atoms with Crippen LogP contribution in [0, 0.1) is 5.92 Å². The molecular weight excluding hydrogens is 246 g/mol. The highest BCUT2D eigenvalue weighted by Gasteiger charge is 2.16. The van der Waals surface area contributed by atoms with Crippen LogP contribution in [0.3, 0.4) is 0 Å². The highest BCUT2D eigenvalue weighted by atomic mass is 16.5. The van der Waals surface area contributed by atoms with Gasteiger partial charge in [0.15, 0.2) is 0 Å². The Kier molecular flexibility index (Phi) is 5.36. The Morgan fingerprint density at radius 1 is 1.32 bits per heavy atom. The lowest BCUT2D eigenvalue weighted by atomic mass is 10.0. The lowest BCUT2D eigenvalue weighted by molar-refractivity contribution is -0.120. The summed E-state index contributed by atoms with van der Waals surface area (Å²) in [5.74, 6) is -0.926. The van der Waals surface area contributed by atoms with Crippen molar-refractivity contribution in [2.75, 3.05) is 12.4 Å². The minimum atomic E-state index is -1.06. The number of rotatable bonds is 6. The molecule has 0 fully saturated rings. The molecule has 0 heterocycles. The van der Waals surface area contributed by atoms with E-state index in [0.717, 1.165) is 12.8 Å². The second-order valence-electron chi connectivity index (χ2n) is 4.22. The summed E-state index contributed by atoms with van der Waals surface area (Å²) in [6.07, 6.45) is 1.54. The van der Waals surface area contributed by atoms with Gasteiger partial charge in [-0.25, -0.2) is 4.79 Å². The van der Waals surface area contributed by atoms with Gasteiger partial charge in [-0.2, -0.15) is 0 Å².